The fraction of sp³-hybridized carbons (Fsp3) is 0.143. The second kappa shape index (κ2) is 8.11. The van der Waals surface area contributed by atoms with Crippen LogP contribution in [0.1, 0.15) is 0 Å². The minimum absolute atomic E-state index is 0.763. The zero-order chi connectivity index (χ0) is 33.9. The van der Waals surface area contributed by atoms with Gasteiger partial charge in [-0.1, -0.05) is 0 Å². The molecule has 0 saturated heterocycles. The highest BCUT2D eigenvalue weighted by atomic mass is 16.5. The van der Waals surface area contributed by atoms with Crippen molar-refractivity contribution in [1.29, 1.82) is 0 Å². The van der Waals surface area contributed by atoms with Gasteiger partial charge in [-0.2, -0.15) is 0 Å². The van der Waals surface area contributed by atoms with Crippen molar-refractivity contribution in [3.05, 3.63) is 54.6 Å². The van der Waals surface area contributed by atoms with Crippen molar-refractivity contribution in [2.24, 2.45) is 0 Å². The standard InChI is InChI=1S/C42H27N3O6/c1-46-22-13-23(47-2)29-17-9-10-19-31-26(50-5)15-27(51-6)33-21-12-11-20-32-25(49-4)14-24(48-3)30-18-8-7-16-28(22)34(29)37-40(43(16)18)38(35(30)32)42(45(20)21)39(36(31)33)41(37)44(17)19/h7-15H,1-6H3. The molecule has 13 rings (SSSR count). The lowest BCUT2D eigenvalue weighted by Crippen LogP contribution is -2.09. The van der Waals surface area contributed by atoms with Gasteiger partial charge in [0, 0.05) is 82.8 Å². The third-order valence-electron chi connectivity index (χ3n) is 12.1. The van der Waals surface area contributed by atoms with Gasteiger partial charge in [-0.15, -0.1) is 0 Å². The predicted molar refractivity (Wildman–Crippen MR) is 203 cm³/mol. The van der Waals surface area contributed by atoms with Gasteiger partial charge >= 0.3 is 0 Å². The molecule has 0 radical (unpaired) electrons. The minimum atomic E-state index is 0.763. The SMILES string of the molecule is COc1cc(OC)c2c3c1c1ccc4c5c(OC)cc(OC)c6c5c5c(c3c3c7c8c(c(OC)cc(OC)c8c8ccc6n8c57)c5ccc2n53)n14. The summed E-state index contributed by atoms with van der Waals surface area (Å²) in [6.45, 7) is 0. The first-order valence-electron chi connectivity index (χ1n) is 16.9. The highest BCUT2D eigenvalue weighted by Gasteiger charge is 2.36. The molecule has 0 aliphatic carbocycles. The lowest BCUT2D eigenvalue weighted by Gasteiger charge is -2.29. The number of nitrogens with zero attached hydrogens (tertiary/aromatic N) is 3. The number of fused-ring (bicyclic) bond motifs is 6. The zero-order valence-electron chi connectivity index (χ0n) is 28.5. The van der Waals surface area contributed by atoms with Gasteiger partial charge in [0.1, 0.15) is 34.5 Å². The van der Waals surface area contributed by atoms with E-state index in [1.54, 1.807) is 42.7 Å². The molecule has 0 aliphatic rings. The van der Waals surface area contributed by atoms with Crippen LogP contribution in [0.3, 0.4) is 0 Å². The smallest absolute Gasteiger partial charge is 0.132 e. The first-order valence-corrected chi connectivity index (χ1v) is 16.9. The van der Waals surface area contributed by atoms with Crippen LogP contribution in [0.2, 0.25) is 0 Å². The summed E-state index contributed by atoms with van der Waals surface area (Å²) >= 11 is 0. The van der Waals surface area contributed by atoms with Crippen molar-refractivity contribution in [3.63, 3.8) is 0 Å². The van der Waals surface area contributed by atoms with Gasteiger partial charge in [0.2, 0.25) is 0 Å². The molecule has 0 bridgehead atoms. The van der Waals surface area contributed by atoms with Crippen LogP contribution >= 0.6 is 0 Å². The molecule has 0 spiro atoms. The van der Waals surface area contributed by atoms with Crippen LogP contribution in [0.15, 0.2) is 54.6 Å². The Hall–Kier alpha value is -6.48. The molecule has 51 heavy (non-hydrogen) atoms. The number of ether oxygens (including phenoxy) is 6. The number of hydrogen-bond donors (Lipinski definition) is 0. The highest BCUT2D eigenvalue weighted by Crippen LogP contribution is 2.59. The largest absolute Gasteiger partial charge is 0.496 e. The molecule has 0 unspecified atom stereocenters. The molecule has 9 aromatic heterocycles. The Morgan fingerprint density at radius 3 is 0.647 bits per heavy atom. The summed E-state index contributed by atoms with van der Waals surface area (Å²) in [5.41, 5.74) is 9.83. The summed E-state index contributed by atoms with van der Waals surface area (Å²) < 4.78 is 44.6. The minimum Gasteiger partial charge on any atom is -0.496 e. The Kier molecular flexibility index (Phi) is 4.20. The van der Waals surface area contributed by atoms with Crippen molar-refractivity contribution in [3.8, 4) is 34.5 Å². The van der Waals surface area contributed by atoms with Gasteiger partial charge in [0.25, 0.3) is 0 Å². The number of methoxy groups -OCH3 is 6. The maximum absolute atomic E-state index is 6.22. The predicted octanol–water partition coefficient (Wildman–Crippen LogP) is 9.50. The van der Waals surface area contributed by atoms with E-state index in [2.05, 4.69) is 49.6 Å². The first-order chi connectivity index (χ1) is 25.1. The summed E-state index contributed by atoms with van der Waals surface area (Å²) in [7, 11) is 10.4. The van der Waals surface area contributed by atoms with E-state index in [4.69, 9.17) is 28.4 Å². The summed E-state index contributed by atoms with van der Waals surface area (Å²) in [5, 5.41) is 13.1. The van der Waals surface area contributed by atoms with Crippen molar-refractivity contribution in [2.75, 3.05) is 42.7 Å². The molecule has 9 heteroatoms. The maximum Gasteiger partial charge on any atom is 0.132 e. The second-order valence-corrected chi connectivity index (χ2v) is 13.7. The monoisotopic (exact) mass is 669 g/mol. The molecule has 9 nitrogen and oxygen atoms in total. The Morgan fingerprint density at radius 1 is 0.275 bits per heavy atom. The van der Waals surface area contributed by atoms with E-state index in [9.17, 15) is 0 Å². The van der Waals surface area contributed by atoms with Crippen LogP contribution in [-0.2, 0) is 0 Å². The summed E-state index contributed by atoms with van der Waals surface area (Å²) in [5.74, 6) is 4.58. The van der Waals surface area contributed by atoms with Gasteiger partial charge in [0.15, 0.2) is 0 Å². The number of pyridine rings is 6. The van der Waals surface area contributed by atoms with Crippen LogP contribution < -0.4 is 28.4 Å². The molecule has 0 aliphatic heterocycles. The van der Waals surface area contributed by atoms with Crippen molar-refractivity contribution in [2.45, 2.75) is 0 Å². The molecule has 9 heterocycles. The van der Waals surface area contributed by atoms with E-state index in [0.717, 1.165) is 149 Å². The Bertz CT molecular complexity index is 3020. The number of aromatic nitrogens is 3. The Morgan fingerprint density at radius 2 is 0.471 bits per heavy atom. The fourth-order valence-corrected chi connectivity index (χ4v) is 10.4. The summed E-state index contributed by atoms with van der Waals surface area (Å²) in [6.07, 6.45) is 0. The van der Waals surface area contributed by atoms with Gasteiger partial charge < -0.3 is 41.6 Å². The van der Waals surface area contributed by atoms with Crippen LogP contribution in [0.25, 0.3) is 114 Å². The molecular formula is C42H27N3O6. The van der Waals surface area contributed by atoms with E-state index in [1.165, 1.54) is 0 Å². The molecule has 13 aromatic rings. The summed E-state index contributed by atoms with van der Waals surface area (Å²) in [4.78, 5) is 0. The highest BCUT2D eigenvalue weighted by molar-refractivity contribution is 6.49. The molecular weight excluding hydrogens is 642 g/mol. The van der Waals surface area contributed by atoms with Crippen LogP contribution in [-0.4, -0.2) is 55.9 Å². The molecule has 0 atom stereocenters. The number of hydrogen-bond acceptors (Lipinski definition) is 6. The van der Waals surface area contributed by atoms with E-state index in [-0.39, 0.29) is 0 Å². The molecule has 0 fully saturated rings. The zero-order valence-corrected chi connectivity index (χ0v) is 28.5. The van der Waals surface area contributed by atoms with Gasteiger partial charge in [-0.3, -0.25) is 0 Å². The third-order valence-corrected chi connectivity index (χ3v) is 12.1. The van der Waals surface area contributed by atoms with Gasteiger partial charge in [0.05, 0.1) is 92.3 Å². The van der Waals surface area contributed by atoms with E-state index >= 15 is 0 Å². The van der Waals surface area contributed by atoms with Crippen molar-refractivity contribution < 1.29 is 28.4 Å². The molecule has 0 saturated carbocycles. The van der Waals surface area contributed by atoms with Crippen LogP contribution in [0, 0.1) is 0 Å². The van der Waals surface area contributed by atoms with Crippen LogP contribution in [0.4, 0.5) is 0 Å². The van der Waals surface area contributed by atoms with Crippen molar-refractivity contribution in [1.82, 2.24) is 13.2 Å². The van der Waals surface area contributed by atoms with Crippen LogP contribution in [0.5, 0.6) is 34.5 Å². The third kappa shape index (κ3) is 2.41. The quantitative estimate of drug-likeness (QED) is 0.130. The average molecular weight is 670 g/mol. The Labute approximate surface area is 287 Å². The van der Waals surface area contributed by atoms with Gasteiger partial charge in [-0.25, -0.2) is 0 Å². The maximum atomic E-state index is 6.22. The van der Waals surface area contributed by atoms with Crippen molar-refractivity contribution >= 4 is 114 Å². The first kappa shape index (κ1) is 26.4. The topological polar surface area (TPSA) is 68.6 Å². The lowest BCUT2D eigenvalue weighted by atomic mass is 9.87. The fourth-order valence-electron chi connectivity index (χ4n) is 10.4. The number of rotatable bonds is 6. The Balaban J connectivity index is 1.57. The average Bonchev–Trinajstić information content (AvgIpc) is 3.93. The number of benzene rings is 4. The van der Waals surface area contributed by atoms with E-state index in [0.29, 0.717) is 0 Å². The second-order valence-electron chi connectivity index (χ2n) is 13.7. The van der Waals surface area contributed by atoms with E-state index in [1.807, 2.05) is 18.2 Å². The molecule has 246 valence electrons. The van der Waals surface area contributed by atoms with E-state index < -0.39 is 0 Å². The normalized spacial score (nSPS) is 13.3. The lowest BCUT2D eigenvalue weighted by molar-refractivity contribution is 0.401. The molecule has 4 aromatic carbocycles. The molecule has 0 amide bonds. The summed E-state index contributed by atoms with van der Waals surface area (Å²) in [6, 6.07) is 19.4. The van der Waals surface area contributed by atoms with Gasteiger partial charge in [-0.05, 0) is 36.4 Å². The molecule has 0 N–H and O–H groups in total.